The number of benzene rings is 2. The van der Waals surface area contributed by atoms with Crippen LogP contribution in [0.2, 0.25) is 0 Å². The zero-order valence-corrected chi connectivity index (χ0v) is 22.2. The summed E-state index contributed by atoms with van der Waals surface area (Å²) in [6.07, 6.45) is 6.04. The van der Waals surface area contributed by atoms with Crippen LogP contribution in [0.3, 0.4) is 0 Å². The van der Waals surface area contributed by atoms with Crippen LogP contribution in [-0.4, -0.2) is 32.5 Å². The van der Waals surface area contributed by atoms with Crippen LogP contribution in [0.25, 0.3) is 0 Å². The summed E-state index contributed by atoms with van der Waals surface area (Å²) in [5.41, 5.74) is 2.23. The summed E-state index contributed by atoms with van der Waals surface area (Å²) >= 11 is 1.44. The number of para-hydroxylation sites is 2. The topological polar surface area (TPSA) is 60.3 Å². The number of amides is 1. The molecule has 2 fully saturated rings. The lowest BCUT2D eigenvalue weighted by atomic mass is 9.84. The van der Waals surface area contributed by atoms with Crippen LogP contribution in [0.4, 0.5) is 10.1 Å². The monoisotopic (exact) mass is 520 g/mol. The molecule has 3 aliphatic rings. The number of nitrogens with zero attached hydrogens (tertiary/aromatic N) is 4. The van der Waals surface area contributed by atoms with Crippen molar-refractivity contribution in [3.05, 3.63) is 65.7 Å². The first kappa shape index (κ1) is 24.5. The molecule has 2 aromatic carbocycles. The molecular weight excluding hydrogens is 487 g/mol. The zero-order chi connectivity index (χ0) is 25.5. The third-order valence-electron chi connectivity index (χ3n) is 8.55. The van der Waals surface area contributed by atoms with Gasteiger partial charge in [-0.3, -0.25) is 9.36 Å². The van der Waals surface area contributed by atoms with Gasteiger partial charge >= 0.3 is 0 Å². The molecule has 2 heterocycles. The third kappa shape index (κ3) is 4.65. The smallest absolute Gasteiger partial charge is 0.237 e. The molecule has 37 heavy (non-hydrogen) atoms. The summed E-state index contributed by atoms with van der Waals surface area (Å²) in [6.45, 7) is 4.47. The molecule has 2 bridgehead atoms. The van der Waals surface area contributed by atoms with Gasteiger partial charge < -0.3 is 9.64 Å². The van der Waals surface area contributed by atoms with E-state index in [4.69, 9.17) is 4.74 Å². The Bertz CT molecular complexity index is 1300. The lowest BCUT2D eigenvalue weighted by Gasteiger charge is -2.30. The van der Waals surface area contributed by atoms with E-state index in [1.807, 2.05) is 23.1 Å². The van der Waals surface area contributed by atoms with Crippen LogP contribution in [0, 0.1) is 23.6 Å². The van der Waals surface area contributed by atoms with Crippen molar-refractivity contribution < 1.29 is 13.9 Å². The second-order valence-electron chi connectivity index (χ2n) is 10.8. The number of hydrogen-bond donors (Lipinski definition) is 0. The standard InChI is InChI=1S/C29H33FN4O2S/c1-18-13-22-7-3-5-9-25(22)33(18)28(35)17-37-29-32-31-27(16-36-26-10-6-4-8-24(26)30)34(29)19(2)23-15-20-11-12-21(23)14-20/h3-10,18-21,23H,11-17H2,1-2H3/t18-,19+,20-,21-,23+/m1/s1. The van der Waals surface area contributed by atoms with Crippen molar-refractivity contribution >= 4 is 23.4 Å². The van der Waals surface area contributed by atoms with Crippen molar-refractivity contribution in [2.75, 3.05) is 10.7 Å². The van der Waals surface area contributed by atoms with Crippen LogP contribution >= 0.6 is 11.8 Å². The van der Waals surface area contributed by atoms with Crippen molar-refractivity contribution in [2.45, 2.75) is 69.8 Å². The minimum absolute atomic E-state index is 0.0775. The third-order valence-corrected chi connectivity index (χ3v) is 9.48. The minimum atomic E-state index is -0.394. The molecular formula is C29H33FN4O2S. The maximum atomic E-state index is 14.2. The van der Waals surface area contributed by atoms with Gasteiger partial charge in [0.2, 0.25) is 5.91 Å². The molecule has 0 N–H and O–H groups in total. The first-order valence-electron chi connectivity index (χ1n) is 13.3. The van der Waals surface area contributed by atoms with Gasteiger partial charge in [-0.1, -0.05) is 48.5 Å². The van der Waals surface area contributed by atoms with E-state index < -0.39 is 5.82 Å². The van der Waals surface area contributed by atoms with E-state index in [1.54, 1.807) is 18.2 Å². The van der Waals surface area contributed by atoms with Gasteiger partial charge in [0.25, 0.3) is 0 Å². The van der Waals surface area contributed by atoms with Crippen LogP contribution in [0.15, 0.2) is 53.7 Å². The van der Waals surface area contributed by atoms with Crippen molar-refractivity contribution in [3.8, 4) is 5.75 Å². The number of fused-ring (bicyclic) bond motifs is 3. The largest absolute Gasteiger partial charge is 0.483 e. The lowest BCUT2D eigenvalue weighted by Crippen LogP contribution is -2.37. The predicted octanol–water partition coefficient (Wildman–Crippen LogP) is 6.06. The average Bonchev–Trinajstić information content (AvgIpc) is 3.68. The molecule has 2 aliphatic carbocycles. The Balaban J connectivity index is 1.22. The van der Waals surface area contributed by atoms with E-state index >= 15 is 0 Å². The second kappa shape index (κ2) is 10.1. The highest BCUT2D eigenvalue weighted by molar-refractivity contribution is 7.99. The normalized spacial score (nSPS) is 24.9. The molecule has 2 saturated carbocycles. The minimum Gasteiger partial charge on any atom is -0.483 e. The molecule has 8 heteroatoms. The summed E-state index contributed by atoms with van der Waals surface area (Å²) in [6, 6.07) is 14.9. The van der Waals surface area contributed by atoms with E-state index in [9.17, 15) is 9.18 Å². The molecule has 1 amide bonds. The van der Waals surface area contributed by atoms with Crippen molar-refractivity contribution in [2.24, 2.45) is 17.8 Å². The van der Waals surface area contributed by atoms with Crippen LogP contribution < -0.4 is 9.64 Å². The molecule has 1 aliphatic heterocycles. The fraction of sp³-hybridized carbons (Fsp3) is 0.483. The molecule has 194 valence electrons. The molecule has 5 atom stereocenters. The number of aromatic nitrogens is 3. The molecule has 6 rings (SSSR count). The van der Waals surface area contributed by atoms with Crippen LogP contribution in [-0.2, 0) is 17.8 Å². The number of carbonyl (C=O) groups excluding carboxylic acids is 1. The Morgan fingerprint density at radius 3 is 2.73 bits per heavy atom. The molecule has 1 aromatic heterocycles. The maximum absolute atomic E-state index is 14.2. The highest BCUT2D eigenvalue weighted by atomic mass is 32.2. The number of halogens is 1. The number of ether oxygens (including phenoxy) is 1. The number of carbonyl (C=O) groups is 1. The first-order valence-corrected chi connectivity index (χ1v) is 14.3. The Kier molecular flexibility index (Phi) is 6.69. The van der Waals surface area contributed by atoms with Gasteiger partial charge in [0.1, 0.15) is 6.61 Å². The molecule has 0 radical (unpaired) electrons. The van der Waals surface area contributed by atoms with Gasteiger partial charge in [0, 0.05) is 17.8 Å². The van der Waals surface area contributed by atoms with Gasteiger partial charge in [-0.2, -0.15) is 0 Å². The van der Waals surface area contributed by atoms with E-state index in [0.717, 1.165) is 29.1 Å². The summed E-state index contributed by atoms with van der Waals surface area (Å²) in [7, 11) is 0. The van der Waals surface area contributed by atoms with Crippen molar-refractivity contribution in [3.63, 3.8) is 0 Å². The van der Waals surface area contributed by atoms with Gasteiger partial charge in [-0.25, -0.2) is 4.39 Å². The Labute approximate surface area is 221 Å². The number of anilines is 1. The summed E-state index contributed by atoms with van der Waals surface area (Å²) in [5, 5.41) is 9.69. The fourth-order valence-corrected chi connectivity index (χ4v) is 7.74. The number of thioether (sulfide) groups is 1. The number of rotatable bonds is 8. The average molecular weight is 521 g/mol. The zero-order valence-electron chi connectivity index (χ0n) is 21.3. The highest BCUT2D eigenvalue weighted by Crippen LogP contribution is 2.52. The van der Waals surface area contributed by atoms with Crippen molar-refractivity contribution in [1.29, 1.82) is 0 Å². The Morgan fingerprint density at radius 2 is 1.95 bits per heavy atom. The van der Waals surface area contributed by atoms with Crippen molar-refractivity contribution in [1.82, 2.24) is 14.8 Å². The SMILES string of the molecule is C[C@@H]1Cc2ccccc2N1C(=O)CSc1nnc(COc2ccccc2F)n1[C@@H](C)[C@@H]1C[C@@H]2CC[C@@H]1C2. The lowest BCUT2D eigenvalue weighted by molar-refractivity contribution is -0.116. The quantitative estimate of drug-likeness (QED) is 0.338. The van der Waals surface area contributed by atoms with Gasteiger partial charge in [-0.05, 0) is 81.0 Å². The van der Waals surface area contributed by atoms with E-state index in [2.05, 4.69) is 34.7 Å². The maximum Gasteiger partial charge on any atom is 0.237 e. The Hall–Kier alpha value is -2.87. The Morgan fingerprint density at radius 1 is 1.14 bits per heavy atom. The number of hydrogen-bond acceptors (Lipinski definition) is 5. The second-order valence-corrected chi connectivity index (χ2v) is 11.7. The summed E-state index contributed by atoms with van der Waals surface area (Å²) < 4.78 is 22.2. The van der Waals surface area contributed by atoms with E-state index in [1.165, 1.54) is 49.1 Å². The van der Waals surface area contributed by atoms with Crippen LogP contribution in [0.1, 0.15) is 57.0 Å². The van der Waals surface area contributed by atoms with Gasteiger partial charge in [0.05, 0.1) is 5.75 Å². The molecule has 6 nitrogen and oxygen atoms in total. The molecule has 0 unspecified atom stereocenters. The van der Waals surface area contributed by atoms with Crippen LogP contribution in [0.5, 0.6) is 5.75 Å². The molecule has 3 aromatic rings. The van der Waals surface area contributed by atoms with E-state index in [0.29, 0.717) is 11.7 Å². The molecule has 0 saturated heterocycles. The first-order chi connectivity index (χ1) is 18.0. The van der Waals surface area contributed by atoms with E-state index in [-0.39, 0.29) is 36.1 Å². The molecule has 0 spiro atoms. The highest BCUT2D eigenvalue weighted by Gasteiger charge is 2.43. The fourth-order valence-electron chi connectivity index (χ4n) is 6.84. The van der Waals surface area contributed by atoms with Gasteiger partial charge in [-0.15, -0.1) is 10.2 Å². The van der Waals surface area contributed by atoms with Gasteiger partial charge in [0.15, 0.2) is 22.5 Å². The summed E-state index contributed by atoms with van der Waals surface area (Å²) in [5.74, 6) is 2.95. The summed E-state index contributed by atoms with van der Waals surface area (Å²) in [4.78, 5) is 15.3. The predicted molar refractivity (Wildman–Crippen MR) is 142 cm³/mol.